The Balaban J connectivity index is 1.74. The van der Waals surface area contributed by atoms with Gasteiger partial charge in [0.1, 0.15) is 0 Å². The fourth-order valence-corrected chi connectivity index (χ4v) is 3.45. The smallest absolute Gasteiger partial charge is 0.308 e. The van der Waals surface area contributed by atoms with Gasteiger partial charge in [0.05, 0.1) is 6.54 Å². The average molecular weight is 235 g/mol. The van der Waals surface area contributed by atoms with Crippen molar-refractivity contribution < 1.29 is 13.2 Å². The predicted octanol–water partition coefficient (Wildman–Crippen LogP) is 3.35. The van der Waals surface area contributed by atoms with Crippen molar-refractivity contribution in [3.05, 3.63) is 0 Å². The second-order valence-corrected chi connectivity index (χ2v) is 6.78. The van der Waals surface area contributed by atoms with Crippen LogP contribution in [0, 0.1) is 16.2 Å². The molecule has 0 unspecified atom stereocenters. The normalized spacial score (nSPS) is 37.9. The molecule has 0 spiro atoms. The Bertz CT molecular complexity index is 268. The summed E-state index contributed by atoms with van der Waals surface area (Å²) in [6, 6.07) is 0. The van der Waals surface area contributed by atoms with E-state index < -0.39 is 12.7 Å². The molecule has 1 N–H and O–H groups in total. The number of nitrogens with one attached hydrogen (secondary N) is 1. The Labute approximate surface area is 94.8 Å². The van der Waals surface area contributed by atoms with Crippen LogP contribution in [0.15, 0.2) is 0 Å². The summed E-state index contributed by atoms with van der Waals surface area (Å²) < 4.78 is 35.9. The molecular formula is C12H20F3N. The molecule has 0 amide bonds. The first-order valence-electron chi connectivity index (χ1n) is 5.85. The fourth-order valence-electron chi connectivity index (χ4n) is 3.45. The molecule has 0 atom stereocenters. The van der Waals surface area contributed by atoms with Gasteiger partial charge in [0.25, 0.3) is 0 Å². The minimum absolute atomic E-state index is 0.193. The van der Waals surface area contributed by atoms with Crippen molar-refractivity contribution in [1.29, 1.82) is 0 Å². The van der Waals surface area contributed by atoms with E-state index in [-0.39, 0.29) is 5.41 Å². The second-order valence-electron chi connectivity index (χ2n) is 6.78. The van der Waals surface area contributed by atoms with Gasteiger partial charge in [-0.25, -0.2) is 0 Å². The van der Waals surface area contributed by atoms with E-state index in [0.717, 1.165) is 19.3 Å². The van der Waals surface area contributed by atoms with Gasteiger partial charge in [0.15, 0.2) is 0 Å². The summed E-state index contributed by atoms with van der Waals surface area (Å²) in [5.74, 6) is 0. The molecule has 4 heteroatoms. The van der Waals surface area contributed by atoms with E-state index in [0.29, 0.717) is 17.4 Å². The number of hydrogen-bond acceptors (Lipinski definition) is 1. The van der Waals surface area contributed by atoms with Crippen LogP contribution in [0.25, 0.3) is 0 Å². The molecule has 0 saturated heterocycles. The second kappa shape index (κ2) is 3.15. The van der Waals surface area contributed by atoms with E-state index in [1.807, 2.05) is 0 Å². The summed E-state index contributed by atoms with van der Waals surface area (Å²) in [5, 5.41) is 2.55. The SMILES string of the molecule is CC(C)(C)C12CC(CNCC(F)(F)F)(C1)C2. The highest BCUT2D eigenvalue weighted by molar-refractivity contribution is 5.21. The standard InChI is InChI=1S/C12H20F3N/c1-9(2,3)11-4-10(5-11,6-11)7-16-8-12(13,14)15/h16H,4-8H2,1-3H3. The number of hydrogen-bond donors (Lipinski definition) is 1. The van der Waals surface area contributed by atoms with Gasteiger partial charge in [-0.1, -0.05) is 20.8 Å². The summed E-state index contributed by atoms with van der Waals surface area (Å²) in [4.78, 5) is 0. The maximum absolute atomic E-state index is 12.0. The van der Waals surface area contributed by atoms with E-state index in [4.69, 9.17) is 0 Å². The molecule has 0 aromatic rings. The van der Waals surface area contributed by atoms with Gasteiger partial charge in [-0.2, -0.15) is 13.2 Å². The first-order chi connectivity index (χ1) is 7.08. The average Bonchev–Trinajstić information content (AvgIpc) is 1.85. The van der Waals surface area contributed by atoms with E-state index in [1.54, 1.807) is 0 Å². The van der Waals surface area contributed by atoms with Gasteiger partial charge in [0, 0.05) is 6.54 Å². The molecule has 3 saturated carbocycles. The van der Waals surface area contributed by atoms with Gasteiger partial charge >= 0.3 is 6.18 Å². The van der Waals surface area contributed by atoms with Crippen LogP contribution in [-0.2, 0) is 0 Å². The maximum Gasteiger partial charge on any atom is 0.401 e. The zero-order chi connectivity index (χ0) is 12.2. The number of rotatable bonds is 3. The maximum atomic E-state index is 12.0. The van der Waals surface area contributed by atoms with E-state index in [9.17, 15) is 13.2 Å². The van der Waals surface area contributed by atoms with E-state index in [1.165, 1.54) is 0 Å². The molecule has 3 fully saturated rings. The van der Waals surface area contributed by atoms with Gasteiger partial charge in [0.2, 0.25) is 0 Å². The summed E-state index contributed by atoms with van der Waals surface area (Å²) in [5.41, 5.74) is 0.921. The third kappa shape index (κ3) is 1.85. The summed E-state index contributed by atoms with van der Waals surface area (Å²) in [6.45, 7) is 6.39. The van der Waals surface area contributed by atoms with E-state index >= 15 is 0 Å². The number of alkyl halides is 3. The van der Waals surface area contributed by atoms with Crippen LogP contribution in [-0.4, -0.2) is 19.3 Å². The van der Waals surface area contributed by atoms with Crippen molar-refractivity contribution >= 4 is 0 Å². The zero-order valence-electron chi connectivity index (χ0n) is 10.2. The molecular weight excluding hydrogens is 215 g/mol. The molecule has 3 aliphatic carbocycles. The van der Waals surface area contributed by atoms with E-state index in [2.05, 4.69) is 26.1 Å². The Morgan fingerprint density at radius 2 is 1.56 bits per heavy atom. The molecule has 3 aliphatic rings. The third-order valence-electron chi connectivity index (χ3n) is 4.56. The first-order valence-corrected chi connectivity index (χ1v) is 5.85. The Kier molecular flexibility index (Phi) is 2.41. The molecule has 2 bridgehead atoms. The van der Waals surface area contributed by atoms with Crippen LogP contribution in [0.3, 0.4) is 0 Å². The summed E-state index contributed by atoms with van der Waals surface area (Å²) in [7, 11) is 0. The minimum Gasteiger partial charge on any atom is -0.308 e. The van der Waals surface area contributed by atoms with Gasteiger partial charge in [-0.15, -0.1) is 0 Å². The Morgan fingerprint density at radius 3 is 1.94 bits per heavy atom. The van der Waals surface area contributed by atoms with Crippen LogP contribution in [0.5, 0.6) is 0 Å². The lowest BCUT2D eigenvalue weighted by atomic mass is 9.29. The van der Waals surface area contributed by atoms with Crippen molar-refractivity contribution in [3.8, 4) is 0 Å². The molecule has 0 heterocycles. The van der Waals surface area contributed by atoms with Crippen LogP contribution < -0.4 is 5.32 Å². The monoisotopic (exact) mass is 235 g/mol. The van der Waals surface area contributed by atoms with Crippen molar-refractivity contribution in [2.45, 2.75) is 46.2 Å². The molecule has 3 rings (SSSR count). The van der Waals surface area contributed by atoms with Crippen LogP contribution in [0.1, 0.15) is 40.0 Å². The quantitative estimate of drug-likeness (QED) is 0.791. The highest BCUT2D eigenvalue weighted by Crippen LogP contribution is 2.78. The van der Waals surface area contributed by atoms with Gasteiger partial charge < -0.3 is 5.32 Å². The fraction of sp³-hybridized carbons (Fsp3) is 1.00. The van der Waals surface area contributed by atoms with Crippen molar-refractivity contribution in [2.75, 3.05) is 13.1 Å². The molecule has 94 valence electrons. The zero-order valence-corrected chi connectivity index (χ0v) is 10.2. The van der Waals surface area contributed by atoms with Crippen molar-refractivity contribution in [2.24, 2.45) is 16.2 Å². The summed E-state index contributed by atoms with van der Waals surface area (Å²) in [6.07, 6.45) is -0.762. The topological polar surface area (TPSA) is 12.0 Å². The molecule has 0 radical (unpaired) electrons. The lowest BCUT2D eigenvalue weighted by molar-refractivity contribution is -0.257. The largest absolute Gasteiger partial charge is 0.401 e. The molecule has 1 nitrogen and oxygen atoms in total. The molecule has 0 aromatic heterocycles. The highest BCUT2D eigenvalue weighted by Gasteiger charge is 2.70. The summed E-state index contributed by atoms with van der Waals surface area (Å²) >= 11 is 0. The van der Waals surface area contributed by atoms with Gasteiger partial charge in [-0.3, -0.25) is 0 Å². The minimum atomic E-state index is -4.08. The predicted molar refractivity (Wildman–Crippen MR) is 57.1 cm³/mol. The number of halogens is 3. The first kappa shape index (κ1) is 12.2. The highest BCUT2D eigenvalue weighted by atomic mass is 19.4. The van der Waals surface area contributed by atoms with Crippen LogP contribution >= 0.6 is 0 Å². The van der Waals surface area contributed by atoms with Gasteiger partial charge in [-0.05, 0) is 35.5 Å². The van der Waals surface area contributed by atoms with Crippen molar-refractivity contribution in [1.82, 2.24) is 5.32 Å². The van der Waals surface area contributed by atoms with Crippen LogP contribution in [0.4, 0.5) is 13.2 Å². The molecule has 0 aliphatic heterocycles. The lowest BCUT2D eigenvalue weighted by Gasteiger charge is -2.76. The molecule has 0 aromatic carbocycles. The lowest BCUT2D eigenvalue weighted by Crippen LogP contribution is -2.69. The van der Waals surface area contributed by atoms with Crippen LogP contribution in [0.2, 0.25) is 0 Å². The molecule has 16 heavy (non-hydrogen) atoms. The van der Waals surface area contributed by atoms with Crippen molar-refractivity contribution in [3.63, 3.8) is 0 Å². The Morgan fingerprint density at radius 1 is 1.06 bits per heavy atom. The third-order valence-corrected chi connectivity index (χ3v) is 4.56. The Hall–Kier alpha value is -0.250.